The van der Waals surface area contributed by atoms with E-state index < -0.39 is 0 Å². The molecule has 0 atom stereocenters. The number of halogens is 1. The maximum absolute atomic E-state index is 6.17. The molecule has 1 aliphatic heterocycles. The van der Waals surface area contributed by atoms with Crippen LogP contribution in [0.2, 0.25) is 5.15 Å². The van der Waals surface area contributed by atoms with Crippen LogP contribution in [0, 0.1) is 0 Å². The van der Waals surface area contributed by atoms with Crippen LogP contribution in [0.1, 0.15) is 16.7 Å². The highest BCUT2D eigenvalue weighted by Crippen LogP contribution is 2.25. The standard InChI is InChI=1S/C15H15ClN2/c16-15-14-11-18(9-7-13(14)6-8-17-15)10-12-4-2-1-3-5-12/h1-6,8H,7,9-11H2. The van der Waals surface area contributed by atoms with Crippen LogP contribution in [-0.4, -0.2) is 16.4 Å². The molecule has 0 N–H and O–H groups in total. The Morgan fingerprint density at radius 1 is 1.17 bits per heavy atom. The SMILES string of the molecule is Clc1nccc2c1CN(Cc1ccccc1)CC2. The lowest BCUT2D eigenvalue weighted by molar-refractivity contribution is 0.245. The largest absolute Gasteiger partial charge is 0.294 e. The van der Waals surface area contributed by atoms with Gasteiger partial charge in [0.15, 0.2) is 0 Å². The van der Waals surface area contributed by atoms with Crippen molar-refractivity contribution in [2.24, 2.45) is 0 Å². The van der Waals surface area contributed by atoms with E-state index in [1.165, 1.54) is 16.7 Å². The van der Waals surface area contributed by atoms with Gasteiger partial charge in [-0.2, -0.15) is 0 Å². The minimum Gasteiger partial charge on any atom is -0.294 e. The van der Waals surface area contributed by atoms with Crippen molar-refractivity contribution < 1.29 is 0 Å². The van der Waals surface area contributed by atoms with Crippen molar-refractivity contribution in [3.05, 3.63) is 64.4 Å². The summed E-state index contributed by atoms with van der Waals surface area (Å²) < 4.78 is 0. The number of aromatic nitrogens is 1. The molecule has 1 aromatic carbocycles. The van der Waals surface area contributed by atoms with Gasteiger partial charge in [-0.25, -0.2) is 4.98 Å². The van der Waals surface area contributed by atoms with Crippen LogP contribution in [0.5, 0.6) is 0 Å². The Morgan fingerprint density at radius 2 is 2.00 bits per heavy atom. The number of nitrogens with zero attached hydrogens (tertiary/aromatic N) is 2. The summed E-state index contributed by atoms with van der Waals surface area (Å²) in [5.74, 6) is 0. The summed E-state index contributed by atoms with van der Waals surface area (Å²) in [7, 11) is 0. The molecule has 0 saturated carbocycles. The zero-order chi connectivity index (χ0) is 12.4. The summed E-state index contributed by atoms with van der Waals surface area (Å²) in [5, 5.41) is 0.658. The van der Waals surface area contributed by atoms with Crippen LogP contribution in [0.15, 0.2) is 42.6 Å². The second-order valence-corrected chi connectivity index (χ2v) is 5.04. The molecule has 2 aromatic rings. The summed E-state index contributed by atoms with van der Waals surface area (Å²) in [6, 6.07) is 12.6. The van der Waals surface area contributed by atoms with Gasteiger partial charge in [-0.15, -0.1) is 0 Å². The van der Waals surface area contributed by atoms with E-state index >= 15 is 0 Å². The third-order valence-electron chi connectivity index (χ3n) is 3.43. The first-order valence-electron chi connectivity index (χ1n) is 6.21. The summed E-state index contributed by atoms with van der Waals surface area (Å²) in [6.45, 7) is 2.96. The zero-order valence-corrected chi connectivity index (χ0v) is 10.9. The predicted molar refractivity (Wildman–Crippen MR) is 73.5 cm³/mol. The van der Waals surface area contributed by atoms with Gasteiger partial charge in [-0.05, 0) is 23.6 Å². The van der Waals surface area contributed by atoms with Crippen molar-refractivity contribution in [1.82, 2.24) is 9.88 Å². The van der Waals surface area contributed by atoms with Crippen LogP contribution in [-0.2, 0) is 19.5 Å². The van der Waals surface area contributed by atoms with Gasteiger partial charge >= 0.3 is 0 Å². The number of hydrogen-bond donors (Lipinski definition) is 0. The molecule has 1 aliphatic rings. The van der Waals surface area contributed by atoms with Gasteiger partial charge in [-0.3, -0.25) is 4.90 Å². The zero-order valence-electron chi connectivity index (χ0n) is 10.1. The van der Waals surface area contributed by atoms with E-state index in [0.29, 0.717) is 5.15 Å². The molecule has 0 fully saturated rings. The third-order valence-corrected chi connectivity index (χ3v) is 3.75. The van der Waals surface area contributed by atoms with Gasteiger partial charge in [-0.1, -0.05) is 41.9 Å². The molecule has 3 rings (SSSR count). The molecule has 0 aliphatic carbocycles. The molecule has 3 heteroatoms. The van der Waals surface area contributed by atoms with E-state index in [-0.39, 0.29) is 0 Å². The second-order valence-electron chi connectivity index (χ2n) is 4.69. The van der Waals surface area contributed by atoms with Crippen molar-refractivity contribution in [3.8, 4) is 0 Å². The molecule has 0 amide bonds. The number of benzene rings is 1. The maximum atomic E-state index is 6.17. The molecule has 0 spiro atoms. The molecule has 2 heterocycles. The smallest absolute Gasteiger partial charge is 0.133 e. The van der Waals surface area contributed by atoms with Crippen LogP contribution in [0.3, 0.4) is 0 Å². The van der Waals surface area contributed by atoms with Gasteiger partial charge in [0.25, 0.3) is 0 Å². The number of rotatable bonds is 2. The van der Waals surface area contributed by atoms with Gasteiger partial charge in [0, 0.05) is 31.4 Å². The van der Waals surface area contributed by atoms with Crippen LogP contribution < -0.4 is 0 Å². The van der Waals surface area contributed by atoms with Crippen molar-refractivity contribution in [3.63, 3.8) is 0 Å². The topological polar surface area (TPSA) is 16.1 Å². The lowest BCUT2D eigenvalue weighted by Crippen LogP contribution is -2.30. The van der Waals surface area contributed by atoms with E-state index in [0.717, 1.165) is 26.1 Å². The molecular formula is C15H15ClN2. The average Bonchev–Trinajstić information content (AvgIpc) is 2.41. The molecule has 0 saturated heterocycles. The summed E-state index contributed by atoms with van der Waals surface area (Å²) in [4.78, 5) is 6.59. The van der Waals surface area contributed by atoms with E-state index in [1.807, 2.05) is 0 Å². The second kappa shape index (κ2) is 5.09. The first-order valence-corrected chi connectivity index (χ1v) is 6.59. The van der Waals surface area contributed by atoms with Crippen LogP contribution in [0.25, 0.3) is 0 Å². The van der Waals surface area contributed by atoms with Gasteiger partial charge in [0.2, 0.25) is 0 Å². The van der Waals surface area contributed by atoms with Crippen molar-refractivity contribution in [1.29, 1.82) is 0 Å². The lowest BCUT2D eigenvalue weighted by atomic mass is 10.0. The monoisotopic (exact) mass is 258 g/mol. The number of hydrogen-bond acceptors (Lipinski definition) is 2. The molecule has 1 aromatic heterocycles. The maximum Gasteiger partial charge on any atom is 0.133 e. The highest BCUT2D eigenvalue weighted by Gasteiger charge is 2.18. The predicted octanol–water partition coefficient (Wildman–Crippen LogP) is 3.29. The number of pyridine rings is 1. The van der Waals surface area contributed by atoms with Gasteiger partial charge < -0.3 is 0 Å². The van der Waals surface area contributed by atoms with Crippen molar-refractivity contribution >= 4 is 11.6 Å². The Labute approximate surface area is 112 Å². The fraction of sp³-hybridized carbons (Fsp3) is 0.267. The van der Waals surface area contributed by atoms with E-state index in [2.05, 4.69) is 46.3 Å². The molecule has 0 bridgehead atoms. The Bertz CT molecular complexity index is 539. The Balaban J connectivity index is 1.77. The first kappa shape index (κ1) is 11.7. The lowest BCUT2D eigenvalue weighted by Gasteiger charge is -2.28. The van der Waals surface area contributed by atoms with Crippen molar-refractivity contribution in [2.45, 2.75) is 19.5 Å². The average molecular weight is 259 g/mol. The van der Waals surface area contributed by atoms with Crippen LogP contribution >= 0.6 is 11.6 Å². The minimum atomic E-state index is 0.658. The molecular weight excluding hydrogens is 244 g/mol. The Hall–Kier alpha value is -1.38. The van der Waals surface area contributed by atoms with E-state index in [1.54, 1.807) is 6.20 Å². The van der Waals surface area contributed by atoms with Gasteiger partial charge in [0.1, 0.15) is 5.15 Å². The highest BCUT2D eigenvalue weighted by molar-refractivity contribution is 6.30. The Morgan fingerprint density at radius 3 is 2.83 bits per heavy atom. The van der Waals surface area contributed by atoms with Crippen LogP contribution in [0.4, 0.5) is 0 Å². The number of fused-ring (bicyclic) bond motifs is 1. The highest BCUT2D eigenvalue weighted by atomic mass is 35.5. The normalized spacial score (nSPS) is 15.4. The quantitative estimate of drug-likeness (QED) is 0.769. The summed E-state index contributed by atoms with van der Waals surface area (Å²) in [6.07, 6.45) is 2.86. The molecule has 18 heavy (non-hydrogen) atoms. The fourth-order valence-corrected chi connectivity index (χ4v) is 2.70. The first-order chi connectivity index (χ1) is 8.83. The van der Waals surface area contributed by atoms with Gasteiger partial charge in [0.05, 0.1) is 0 Å². The van der Waals surface area contributed by atoms with Crippen molar-refractivity contribution in [2.75, 3.05) is 6.54 Å². The van der Waals surface area contributed by atoms with E-state index in [9.17, 15) is 0 Å². The summed E-state index contributed by atoms with van der Waals surface area (Å²) in [5.41, 5.74) is 3.89. The van der Waals surface area contributed by atoms with E-state index in [4.69, 9.17) is 11.6 Å². The fourth-order valence-electron chi connectivity index (χ4n) is 2.46. The molecule has 92 valence electrons. The molecule has 0 radical (unpaired) electrons. The Kier molecular flexibility index (Phi) is 3.31. The third kappa shape index (κ3) is 2.40. The summed E-state index contributed by atoms with van der Waals surface area (Å²) >= 11 is 6.17. The minimum absolute atomic E-state index is 0.658. The molecule has 2 nitrogen and oxygen atoms in total. The molecule has 0 unspecified atom stereocenters.